The van der Waals surface area contributed by atoms with Crippen LogP contribution in [0.5, 0.6) is 0 Å². The zero-order chi connectivity index (χ0) is 8.39. The van der Waals surface area contributed by atoms with Gasteiger partial charge in [-0.15, -0.1) is 0 Å². The van der Waals surface area contributed by atoms with Crippen LogP contribution in [0.3, 0.4) is 0 Å². The molecule has 2 rings (SSSR count). The third-order valence-corrected chi connectivity index (χ3v) is 2.34. The molecule has 0 saturated heterocycles. The van der Waals surface area contributed by atoms with E-state index in [-0.39, 0.29) is 0 Å². The quantitative estimate of drug-likeness (QED) is 0.724. The summed E-state index contributed by atoms with van der Waals surface area (Å²) in [6.45, 7) is 0.845. The number of hydrogen-bond acceptors (Lipinski definition) is 2. The molecule has 12 heavy (non-hydrogen) atoms. The van der Waals surface area contributed by atoms with E-state index in [2.05, 4.69) is 10.3 Å². The van der Waals surface area contributed by atoms with Gasteiger partial charge in [0.2, 0.25) is 0 Å². The first-order valence-corrected chi connectivity index (χ1v) is 4.57. The van der Waals surface area contributed by atoms with Gasteiger partial charge in [-0.3, -0.25) is 0 Å². The van der Waals surface area contributed by atoms with E-state index in [9.17, 15) is 0 Å². The summed E-state index contributed by atoms with van der Waals surface area (Å²) in [6, 6.07) is 4.64. The lowest BCUT2D eigenvalue weighted by atomic mass is 10.3. The van der Waals surface area contributed by atoms with Crippen molar-refractivity contribution in [1.29, 1.82) is 0 Å². The molecule has 1 fully saturated rings. The van der Waals surface area contributed by atoms with E-state index in [1.165, 1.54) is 12.8 Å². The minimum Gasteiger partial charge on any atom is -0.310 e. The molecule has 64 valence electrons. The van der Waals surface area contributed by atoms with Gasteiger partial charge in [-0.1, -0.05) is 17.7 Å². The van der Waals surface area contributed by atoms with Crippen molar-refractivity contribution < 1.29 is 0 Å². The van der Waals surface area contributed by atoms with Crippen molar-refractivity contribution in [3.8, 4) is 0 Å². The summed E-state index contributed by atoms with van der Waals surface area (Å²) in [6.07, 6.45) is 4.32. The molecule has 0 radical (unpaired) electrons. The van der Waals surface area contributed by atoms with E-state index in [1.54, 1.807) is 6.20 Å². The molecule has 3 heteroatoms. The monoisotopic (exact) mass is 182 g/mol. The molecule has 0 spiro atoms. The summed E-state index contributed by atoms with van der Waals surface area (Å²) in [7, 11) is 0. The Morgan fingerprint density at radius 2 is 2.42 bits per heavy atom. The lowest BCUT2D eigenvalue weighted by Gasteiger charge is -2.03. The topological polar surface area (TPSA) is 24.9 Å². The Balaban J connectivity index is 1.96. The van der Waals surface area contributed by atoms with Gasteiger partial charge in [-0.2, -0.15) is 0 Å². The fraction of sp³-hybridized carbons (Fsp3) is 0.444. The van der Waals surface area contributed by atoms with Crippen LogP contribution in [0.4, 0.5) is 0 Å². The van der Waals surface area contributed by atoms with Crippen molar-refractivity contribution in [2.45, 2.75) is 25.4 Å². The van der Waals surface area contributed by atoms with Crippen LogP contribution in [-0.2, 0) is 6.54 Å². The molecule has 0 aliphatic heterocycles. The maximum Gasteiger partial charge on any atom is 0.133 e. The summed E-state index contributed by atoms with van der Waals surface area (Å²) < 4.78 is 0. The van der Waals surface area contributed by atoms with Crippen molar-refractivity contribution in [2.75, 3.05) is 0 Å². The third-order valence-electron chi connectivity index (χ3n) is 1.99. The van der Waals surface area contributed by atoms with Gasteiger partial charge in [0, 0.05) is 24.3 Å². The Labute approximate surface area is 77.0 Å². The Morgan fingerprint density at radius 3 is 3.08 bits per heavy atom. The Kier molecular flexibility index (Phi) is 2.28. The van der Waals surface area contributed by atoms with Gasteiger partial charge in [-0.25, -0.2) is 4.98 Å². The zero-order valence-corrected chi connectivity index (χ0v) is 7.51. The van der Waals surface area contributed by atoms with Crippen molar-refractivity contribution in [1.82, 2.24) is 10.3 Å². The van der Waals surface area contributed by atoms with Crippen LogP contribution in [-0.4, -0.2) is 11.0 Å². The molecular formula is C9H11ClN2. The second-order valence-electron chi connectivity index (χ2n) is 3.11. The highest BCUT2D eigenvalue weighted by Gasteiger charge is 2.20. The van der Waals surface area contributed by atoms with Crippen LogP contribution in [0, 0.1) is 0 Å². The SMILES string of the molecule is Clc1ncccc1CNC1CC1. The lowest BCUT2D eigenvalue weighted by Crippen LogP contribution is -2.15. The highest BCUT2D eigenvalue weighted by molar-refractivity contribution is 6.30. The molecule has 1 aromatic heterocycles. The summed E-state index contributed by atoms with van der Waals surface area (Å²) in [4.78, 5) is 4.00. The van der Waals surface area contributed by atoms with Crippen LogP contribution in [0.2, 0.25) is 5.15 Å². The third kappa shape index (κ3) is 1.96. The number of aromatic nitrogens is 1. The predicted octanol–water partition coefficient (Wildman–Crippen LogP) is 1.99. The molecule has 0 unspecified atom stereocenters. The molecule has 0 aromatic carbocycles. The Hall–Kier alpha value is -0.600. The summed E-state index contributed by atoms with van der Waals surface area (Å²) in [5, 5.41) is 4.01. The van der Waals surface area contributed by atoms with Crippen LogP contribution in [0.1, 0.15) is 18.4 Å². The van der Waals surface area contributed by atoms with Crippen molar-refractivity contribution in [3.63, 3.8) is 0 Å². The normalized spacial score (nSPS) is 16.4. The molecule has 1 heterocycles. The molecule has 0 atom stereocenters. The van der Waals surface area contributed by atoms with E-state index in [0.29, 0.717) is 5.15 Å². The summed E-state index contributed by atoms with van der Waals surface area (Å²) >= 11 is 5.88. The number of nitrogens with zero attached hydrogens (tertiary/aromatic N) is 1. The largest absolute Gasteiger partial charge is 0.310 e. The lowest BCUT2D eigenvalue weighted by molar-refractivity contribution is 0.686. The molecule has 1 N–H and O–H groups in total. The molecule has 1 aliphatic rings. The van der Waals surface area contributed by atoms with E-state index in [1.807, 2.05) is 12.1 Å². The van der Waals surface area contributed by atoms with Crippen LogP contribution in [0.25, 0.3) is 0 Å². The molecule has 1 aliphatic carbocycles. The average molecular weight is 183 g/mol. The first-order valence-electron chi connectivity index (χ1n) is 4.19. The minimum absolute atomic E-state index is 0.616. The van der Waals surface area contributed by atoms with Crippen molar-refractivity contribution in [2.24, 2.45) is 0 Å². The molecule has 1 aromatic rings. The fourth-order valence-electron chi connectivity index (χ4n) is 1.09. The predicted molar refractivity (Wildman–Crippen MR) is 49.1 cm³/mol. The van der Waals surface area contributed by atoms with E-state index in [4.69, 9.17) is 11.6 Å². The van der Waals surface area contributed by atoms with Crippen molar-refractivity contribution in [3.05, 3.63) is 29.0 Å². The van der Waals surface area contributed by atoms with Crippen LogP contribution in [0.15, 0.2) is 18.3 Å². The molecule has 0 bridgehead atoms. The number of hydrogen-bond donors (Lipinski definition) is 1. The van der Waals surface area contributed by atoms with Gasteiger partial charge in [0.1, 0.15) is 5.15 Å². The van der Waals surface area contributed by atoms with E-state index in [0.717, 1.165) is 18.2 Å². The second kappa shape index (κ2) is 3.42. The maximum absolute atomic E-state index is 5.88. The van der Waals surface area contributed by atoms with Gasteiger partial charge in [-0.05, 0) is 18.9 Å². The van der Waals surface area contributed by atoms with E-state index >= 15 is 0 Å². The highest BCUT2D eigenvalue weighted by atomic mass is 35.5. The van der Waals surface area contributed by atoms with Gasteiger partial charge in [0.15, 0.2) is 0 Å². The smallest absolute Gasteiger partial charge is 0.133 e. The van der Waals surface area contributed by atoms with Crippen molar-refractivity contribution >= 4 is 11.6 Å². The van der Waals surface area contributed by atoms with Crippen LogP contribution < -0.4 is 5.32 Å². The first-order chi connectivity index (χ1) is 5.86. The molecular weight excluding hydrogens is 172 g/mol. The average Bonchev–Trinajstić information content (AvgIpc) is 2.86. The Morgan fingerprint density at radius 1 is 1.58 bits per heavy atom. The maximum atomic E-state index is 5.88. The number of halogens is 1. The van der Waals surface area contributed by atoms with Gasteiger partial charge >= 0.3 is 0 Å². The standard InChI is InChI=1S/C9H11ClN2/c10-9-7(2-1-5-11-9)6-12-8-3-4-8/h1-2,5,8,12H,3-4,6H2. The summed E-state index contributed by atoms with van der Waals surface area (Å²) in [5.74, 6) is 0. The number of pyridine rings is 1. The Bertz CT molecular complexity index is 271. The molecule has 2 nitrogen and oxygen atoms in total. The summed E-state index contributed by atoms with van der Waals surface area (Å²) in [5.41, 5.74) is 1.09. The number of nitrogens with one attached hydrogen (secondary N) is 1. The first kappa shape index (κ1) is 8.02. The highest BCUT2D eigenvalue weighted by Crippen LogP contribution is 2.20. The van der Waals surface area contributed by atoms with Crippen LogP contribution >= 0.6 is 11.6 Å². The van der Waals surface area contributed by atoms with E-state index < -0.39 is 0 Å². The fourth-order valence-corrected chi connectivity index (χ4v) is 1.28. The molecule has 0 amide bonds. The van der Waals surface area contributed by atoms with Gasteiger partial charge in [0.05, 0.1) is 0 Å². The number of rotatable bonds is 3. The molecule has 1 saturated carbocycles. The zero-order valence-electron chi connectivity index (χ0n) is 6.76. The second-order valence-corrected chi connectivity index (χ2v) is 3.47. The van der Waals surface area contributed by atoms with Gasteiger partial charge < -0.3 is 5.32 Å². The van der Waals surface area contributed by atoms with Gasteiger partial charge in [0.25, 0.3) is 0 Å². The minimum atomic E-state index is 0.616.